The molecule has 1 saturated heterocycles. The van der Waals surface area contributed by atoms with Crippen LogP contribution in [0, 0.1) is 5.92 Å². The third-order valence-electron chi connectivity index (χ3n) is 4.39. The Morgan fingerprint density at radius 3 is 2.65 bits per heavy atom. The lowest BCUT2D eigenvalue weighted by Crippen LogP contribution is -2.49. The fourth-order valence-electron chi connectivity index (χ4n) is 3.04. The zero-order valence-corrected chi connectivity index (χ0v) is 12.8. The Morgan fingerprint density at radius 1 is 1.30 bits per heavy atom. The molecule has 7 heteroatoms. The third-order valence-corrected chi connectivity index (χ3v) is 4.39. The summed E-state index contributed by atoms with van der Waals surface area (Å²) in [7, 11) is 0. The highest BCUT2D eigenvalue weighted by atomic mass is 16.4. The summed E-state index contributed by atoms with van der Waals surface area (Å²) < 4.78 is 0. The fourth-order valence-corrected chi connectivity index (χ4v) is 3.04. The number of aliphatic carboxylic acids is 1. The smallest absolute Gasteiger partial charge is 0.308 e. The van der Waals surface area contributed by atoms with E-state index in [1.54, 1.807) is 36.1 Å². The van der Waals surface area contributed by atoms with Gasteiger partial charge in [0.1, 0.15) is 6.33 Å². The summed E-state index contributed by atoms with van der Waals surface area (Å²) in [5.41, 5.74) is 1.39. The first-order valence-corrected chi connectivity index (χ1v) is 7.57. The molecule has 2 aromatic rings. The Bertz CT molecular complexity index is 697. The molecule has 0 aliphatic carbocycles. The predicted octanol–water partition coefficient (Wildman–Crippen LogP) is 1.80. The number of amides is 1. The summed E-state index contributed by atoms with van der Waals surface area (Å²) >= 11 is 0. The Morgan fingerprint density at radius 2 is 2.04 bits per heavy atom. The highest BCUT2D eigenvalue weighted by Gasteiger charge is 2.35. The van der Waals surface area contributed by atoms with Crippen molar-refractivity contribution in [1.29, 1.82) is 0 Å². The molecule has 7 nitrogen and oxygen atoms in total. The zero-order valence-electron chi connectivity index (χ0n) is 12.8. The van der Waals surface area contributed by atoms with Crippen molar-refractivity contribution in [2.45, 2.75) is 25.8 Å². The lowest BCUT2D eigenvalue weighted by atomic mass is 9.90. The third kappa shape index (κ3) is 2.94. The zero-order chi connectivity index (χ0) is 16.4. The van der Waals surface area contributed by atoms with Gasteiger partial charge >= 0.3 is 5.97 Å². The number of hydrogen-bond acceptors (Lipinski definition) is 4. The van der Waals surface area contributed by atoms with Crippen molar-refractivity contribution < 1.29 is 14.7 Å². The van der Waals surface area contributed by atoms with E-state index in [1.165, 1.54) is 6.33 Å². The highest BCUT2D eigenvalue weighted by molar-refractivity contribution is 5.95. The minimum atomic E-state index is -0.837. The Labute approximate surface area is 133 Å². The summed E-state index contributed by atoms with van der Waals surface area (Å²) in [5, 5.41) is 15.8. The molecule has 2 heterocycles. The number of carboxylic acid groups (broad SMARTS) is 1. The van der Waals surface area contributed by atoms with Crippen molar-refractivity contribution in [2.24, 2.45) is 5.92 Å². The predicted molar refractivity (Wildman–Crippen MR) is 82.7 cm³/mol. The maximum atomic E-state index is 12.7. The van der Waals surface area contributed by atoms with Gasteiger partial charge in [0.15, 0.2) is 5.82 Å². The number of nitrogens with zero attached hydrogens (tertiary/aromatic N) is 3. The van der Waals surface area contributed by atoms with Crippen LogP contribution < -0.4 is 0 Å². The highest BCUT2D eigenvalue weighted by Crippen LogP contribution is 2.26. The largest absolute Gasteiger partial charge is 0.481 e. The van der Waals surface area contributed by atoms with E-state index in [1.807, 2.05) is 0 Å². The lowest BCUT2D eigenvalue weighted by molar-refractivity contribution is -0.144. The van der Waals surface area contributed by atoms with Gasteiger partial charge in [-0.2, -0.15) is 5.10 Å². The molecule has 0 spiro atoms. The quantitative estimate of drug-likeness (QED) is 0.900. The van der Waals surface area contributed by atoms with Crippen LogP contribution in [0.1, 0.15) is 30.1 Å². The number of piperidine rings is 1. The number of carboxylic acids is 1. The summed E-state index contributed by atoms with van der Waals surface area (Å²) in [6.45, 7) is 2.40. The molecule has 1 aliphatic heterocycles. The van der Waals surface area contributed by atoms with Gasteiger partial charge in [-0.25, -0.2) is 4.98 Å². The van der Waals surface area contributed by atoms with Crippen LogP contribution in [0.3, 0.4) is 0 Å². The molecule has 1 amide bonds. The van der Waals surface area contributed by atoms with E-state index < -0.39 is 11.9 Å². The van der Waals surface area contributed by atoms with Crippen molar-refractivity contribution >= 4 is 11.9 Å². The molecule has 0 bridgehead atoms. The minimum absolute atomic E-state index is 0.132. The molecule has 120 valence electrons. The normalized spacial score (nSPS) is 21.2. The Kier molecular flexibility index (Phi) is 4.10. The molecule has 1 aromatic heterocycles. The van der Waals surface area contributed by atoms with Crippen LogP contribution in [0.15, 0.2) is 30.6 Å². The average molecular weight is 314 g/mol. The second-order valence-corrected chi connectivity index (χ2v) is 5.74. The lowest BCUT2D eigenvalue weighted by Gasteiger charge is -2.37. The molecular weight excluding hydrogens is 296 g/mol. The first-order valence-electron chi connectivity index (χ1n) is 7.57. The van der Waals surface area contributed by atoms with E-state index in [2.05, 4.69) is 15.2 Å². The molecule has 23 heavy (non-hydrogen) atoms. The second kappa shape index (κ2) is 6.20. The fraction of sp³-hybridized carbons (Fsp3) is 0.375. The number of aromatic amines is 1. The monoisotopic (exact) mass is 314 g/mol. The number of aromatic nitrogens is 3. The Balaban J connectivity index is 1.78. The molecule has 1 fully saturated rings. The van der Waals surface area contributed by atoms with Crippen molar-refractivity contribution in [2.75, 3.05) is 6.54 Å². The van der Waals surface area contributed by atoms with Crippen LogP contribution in [0.2, 0.25) is 0 Å². The van der Waals surface area contributed by atoms with Crippen molar-refractivity contribution in [3.63, 3.8) is 0 Å². The minimum Gasteiger partial charge on any atom is -0.481 e. The van der Waals surface area contributed by atoms with Gasteiger partial charge in [0.05, 0.1) is 5.92 Å². The van der Waals surface area contributed by atoms with Gasteiger partial charge < -0.3 is 10.0 Å². The van der Waals surface area contributed by atoms with Crippen molar-refractivity contribution in [1.82, 2.24) is 20.1 Å². The maximum absolute atomic E-state index is 12.7. The molecule has 0 unspecified atom stereocenters. The van der Waals surface area contributed by atoms with Crippen LogP contribution in [-0.4, -0.2) is 49.7 Å². The number of nitrogens with one attached hydrogen (secondary N) is 1. The molecule has 0 radical (unpaired) electrons. The van der Waals surface area contributed by atoms with Gasteiger partial charge in [-0.3, -0.25) is 14.7 Å². The van der Waals surface area contributed by atoms with Crippen LogP contribution in [0.5, 0.6) is 0 Å². The first-order chi connectivity index (χ1) is 11.1. The van der Waals surface area contributed by atoms with E-state index in [0.29, 0.717) is 30.8 Å². The number of H-pyrrole nitrogens is 1. The van der Waals surface area contributed by atoms with E-state index in [4.69, 9.17) is 0 Å². The number of rotatable bonds is 3. The van der Waals surface area contributed by atoms with Gasteiger partial charge in [-0.05, 0) is 31.9 Å². The standard InChI is InChI=1S/C16H18N4O3/c1-10-13(16(22)23)3-2-8-20(10)15(21)12-6-4-11(5-7-12)14-17-9-18-19-14/h4-7,9-10,13H,2-3,8H2,1H3,(H,22,23)(H,17,18,19)/t10-,13-/m1/s1. The van der Waals surface area contributed by atoms with Crippen LogP contribution in [-0.2, 0) is 4.79 Å². The van der Waals surface area contributed by atoms with E-state index in [9.17, 15) is 14.7 Å². The summed E-state index contributed by atoms with van der Waals surface area (Å²) in [5.74, 6) is -0.828. The summed E-state index contributed by atoms with van der Waals surface area (Å²) in [6, 6.07) is 6.77. The molecule has 0 saturated carbocycles. The second-order valence-electron chi connectivity index (χ2n) is 5.74. The number of hydrogen-bond donors (Lipinski definition) is 2. The average Bonchev–Trinajstić information content (AvgIpc) is 3.09. The van der Waals surface area contributed by atoms with Crippen LogP contribution >= 0.6 is 0 Å². The SMILES string of the molecule is C[C@@H]1[C@H](C(=O)O)CCCN1C(=O)c1ccc(-c2ncn[nH]2)cc1. The molecule has 1 aliphatic rings. The molecule has 3 rings (SSSR count). The van der Waals surface area contributed by atoms with Gasteiger partial charge in [-0.1, -0.05) is 12.1 Å². The molecule has 2 N–H and O–H groups in total. The number of carbonyl (C=O) groups is 2. The van der Waals surface area contributed by atoms with Crippen molar-refractivity contribution in [3.8, 4) is 11.4 Å². The van der Waals surface area contributed by atoms with E-state index in [-0.39, 0.29) is 11.9 Å². The molecule has 2 atom stereocenters. The topological polar surface area (TPSA) is 99.2 Å². The van der Waals surface area contributed by atoms with Gasteiger partial charge in [-0.15, -0.1) is 0 Å². The van der Waals surface area contributed by atoms with E-state index in [0.717, 1.165) is 5.56 Å². The van der Waals surface area contributed by atoms with Crippen LogP contribution in [0.25, 0.3) is 11.4 Å². The number of carbonyl (C=O) groups excluding carboxylic acids is 1. The number of benzene rings is 1. The summed E-state index contributed by atoms with van der Waals surface area (Å²) in [4.78, 5) is 29.7. The summed E-state index contributed by atoms with van der Waals surface area (Å²) in [6.07, 6.45) is 2.75. The molecular formula is C16H18N4O3. The van der Waals surface area contributed by atoms with Gasteiger partial charge in [0, 0.05) is 23.7 Å². The van der Waals surface area contributed by atoms with Crippen molar-refractivity contribution in [3.05, 3.63) is 36.2 Å². The Hall–Kier alpha value is -2.70. The first kappa shape index (κ1) is 15.2. The van der Waals surface area contributed by atoms with Gasteiger partial charge in [0.25, 0.3) is 5.91 Å². The van der Waals surface area contributed by atoms with E-state index >= 15 is 0 Å². The van der Waals surface area contributed by atoms with Gasteiger partial charge in [0.2, 0.25) is 0 Å². The maximum Gasteiger partial charge on any atom is 0.308 e. The number of likely N-dealkylation sites (tertiary alicyclic amines) is 1. The van der Waals surface area contributed by atoms with Crippen LogP contribution in [0.4, 0.5) is 0 Å². The molecule has 1 aromatic carbocycles.